The van der Waals surface area contributed by atoms with Gasteiger partial charge in [0.05, 0.1) is 0 Å². The molecule has 2 rings (SSSR count). The number of hydrogen-bond donors (Lipinski definition) is 4. The molecule has 1 amide bonds. The van der Waals surface area contributed by atoms with Gasteiger partial charge in [0.1, 0.15) is 6.54 Å². The smallest absolute Gasteiger partial charge is 0.329 e. The predicted octanol–water partition coefficient (Wildman–Crippen LogP) is -0.137. The third-order valence-electron chi connectivity index (χ3n) is 2.80. The van der Waals surface area contributed by atoms with E-state index in [1.807, 2.05) is 18.2 Å². The second kappa shape index (κ2) is 7.36. The molecule has 9 heteroatoms. The number of thiocarbonyl (C=S) groups is 1. The number of para-hydroxylation sites is 1. The summed E-state index contributed by atoms with van der Waals surface area (Å²) in [6.07, 6.45) is 0. The molecular weight excluding hydrogens is 318 g/mol. The summed E-state index contributed by atoms with van der Waals surface area (Å²) in [5.74, 6) is -0.585. The van der Waals surface area contributed by atoms with E-state index >= 15 is 0 Å². The highest BCUT2D eigenvalue weighted by Crippen LogP contribution is 2.03. The minimum absolute atomic E-state index is 0.176. The predicted molar refractivity (Wildman–Crippen MR) is 90.0 cm³/mol. The summed E-state index contributed by atoms with van der Waals surface area (Å²) in [4.78, 5) is 37.6. The van der Waals surface area contributed by atoms with E-state index in [1.165, 1.54) is 6.07 Å². The normalized spacial score (nSPS) is 9.96. The Balaban J connectivity index is 1.90. The number of rotatable bonds is 3. The zero-order valence-electron chi connectivity index (χ0n) is 12.3. The van der Waals surface area contributed by atoms with E-state index in [4.69, 9.17) is 12.2 Å². The van der Waals surface area contributed by atoms with E-state index in [1.54, 1.807) is 19.1 Å². The fraction of sp³-hybridized carbons (Fsp3) is 0.143. The van der Waals surface area contributed by atoms with Gasteiger partial charge in [-0.1, -0.05) is 18.2 Å². The average Bonchev–Trinajstić information content (AvgIpc) is 2.50. The van der Waals surface area contributed by atoms with Crippen LogP contribution in [0.25, 0.3) is 0 Å². The molecule has 0 unspecified atom stereocenters. The number of aryl methyl sites for hydroxylation is 1. The van der Waals surface area contributed by atoms with Gasteiger partial charge < -0.3 is 10.3 Å². The van der Waals surface area contributed by atoms with Crippen LogP contribution in [-0.2, 0) is 11.3 Å². The minimum atomic E-state index is -0.643. The first-order valence-corrected chi connectivity index (χ1v) is 7.08. The fourth-order valence-corrected chi connectivity index (χ4v) is 1.95. The van der Waals surface area contributed by atoms with Gasteiger partial charge in [-0.15, -0.1) is 0 Å². The molecule has 1 heterocycles. The summed E-state index contributed by atoms with van der Waals surface area (Å²) < 4.78 is 0.789. The quantitative estimate of drug-likeness (QED) is 0.460. The number of anilines is 1. The lowest BCUT2D eigenvalue weighted by atomic mass is 10.3. The molecule has 0 atom stereocenters. The molecule has 0 aliphatic rings. The number of nitrogens with zero attached hydrogens (tertiary/aromatic N) is 1. The van der Waals surface area contributed by atoms with Crippen molar-refractivity contribution in [2.24, 2.45) is 0 Å². The number of amides is 1. The van der Waals surface area contributed by atoms with Crippen molar-refractivity contribution in [3.05, 3.63) is 62.9 Å². The van der Waals surface area contributed by atoms with E-state index < -0.39 is 23.7 Å². The van der Waals surface area contributed by atoms with Crippen LogP contribution in [0.4, 0.5) is 5.69 Å². The van der Waals surface area contributed by atoms with Crippen molar-refractivity contribution in [3.63, 3.8) is 0 Å². The Hall–Kier alpha value is -2.94. The summed E-state index contributed by atoms with van der Waals surface area (Å²) in [5, 5.41) is 3.04. The van der Waals surface area contributed by atoms with E-state index in [0.717, 1.165) is 10.3 Å². The van der Waals surface area contributed by atoms with Crippen molar-refractivity contribution in [2.75, 3.05) is 5.32 Å². The average molecular weight is 333 g/mol. The molecule has 0 fully saturated rings. The second-order valence-electron chi connectivity index (χ2n) is 4.68. The van der Waals surface area contributed by atoms with Gasteiger partial charge in [-0.25, -0.2) is 4.79 Å². The number of benzene rings is 1. The Bertz CT molecular complexity index is 797. The Morgan fingerprint density at radius 1 is 1.22 bits per heavy atom. The lowest BCUT2D eigenvalue weighted by Gasteiger charge is -2.11. The van der Waals surface area contributed by atoms with Crippen molar-refractivity contribution < 1.29 is 4.79 Å². The maximum atomic E-state index is 11.8. The fourth-order valence-electron chi connectivity index (χ4n) is 1.78. The van der Waals surface area contributed by atoms with Crippen molar-refractivity contribution in [3.8, 4) is 0 Å². The van der Waals surface area contributed by atoms with Crippen LogP contribution in [-0.4, -0.2) is 20.6 Å². The van der Waals surface area contributed by atoms with Gasteiger partial charge in [0.25, 0.3) is 11.5 Å². The molecule has 0 spiro atoms. The highest BCUT2D eigenvalue weighted by molar-refractivity contribution is 7.80. The van der Waals surface area contributed by atoms with Gasteiger partial charge in [0, 0.05) is 17.4 Å². The first-order chi connectivity index (χ1) is 11.0. The number of nitrogens with one attached hydrogen (secondary N) is 4. The van der Waals surface area contributed by atoms with Crippen LogP contribution in [0.1, 0.15) is 5.69 Å². The number of hydrogen-bond acceptors (Lipinski definition) is 4. The van der Waals surface area contributed by atoms with Crippen LogP contribution in [0.15, 0.2) is 46.0 Å². The Kier molecular flexibility index (Phi) is 5.26. The summed E-state index contributed by atoms with van der Waals surface area (Å²) in [6.45, 7) is 1.16. The monoisotopic (exact) mass is 333 g/mol. The summed E-state index contributed by atoms with van der Waals surface area (Å²) in [6, 6.07) is 10.4. The molecule has 0 saturated carbocycles. The minimum Gasteiger partial charge on any atom is -0.331 e. The van der Waals surface area contributed by atoms with Crippen LogP contribution in [0.2, 0.25) is 0 Å². The molecule has 0 saturated heterocycles. The Labute approximate surface area is 136 Å². The summed E-state index contributed by atoms with van der Waals surface area (Å²) >= 11 is 5.01. The van der Waals surface area contributed by atoms with E-state index in [0.29, 0.717) is 5.69 Å². The van der Waals surface area contributed by atoms with Crippen LogP contribution in [0, 0.1) is 6.92 Å². The highest BCUT2D eigenvalue weighted by Gasteiger charge is 2.08. The van der Waals surface area contributed by atoms with Crippen LogP contribution in [0.5, 0.6) is 0 Å². The highest BCUT2D eigenvalue weighted by atomic mass is 32.1. The molecule has 2 aromatic rings. The number of aromatic amines is 1. The summed E-state index contributed by atoms with van der Waals surface area (Å²) in [7, 11) is 0. The van der Waals surface area contributed by atoms with Crippen molar-refractivity contribution in [1.29, 1.82) is 0 Å². The molecular formula is C14H15N5O3S. The second-order valence-corrected chi connectivity index (χ2v) is 5.08. The molecule has 1 aromatic heterocycles. The molecule has 0 radical (unpaired) electrons. The zero-order chi connectivity index (χ0) is 16.8. The number of carbonyl (C=O) groups is 1. The van der Waals surface area contributed by atoms with E-state index in [2.05, 4.69) is 21.2 Å². The van der Waals surface area contributed by atoms with Gasteiger partial charge in [-0.2, -0.15) is 0 Å². The lowest BCUT2D eigenvalue weighted by Crippen LogP contribution is -2.47. The first-order valence-electron chi connectivity index (χ1n) is 6.67. The largest absolute Gasteiger partial charge is 0.331 e. The number of aromatic nitrogens is 2. The lowest BCUT2D eigenvalue weighted by molar-refractivity contribution is -0.122. The number of hydrazine groups is 1. The maximum Gasteiger partial charge on any atom is 0.329 e. The standard InChI is InChI=1S/C14H15N5O3S/c1-9-7-12(21)19(14(22)15-9)8-11(20)17-18-13(23)16-10-5-3-2-4-6-10/h2-7H,8H2,1H3,(H,15,22)(H,17,20)(H2,16,18,23). The van der Waals surface area contributed by atoms with Crippen LogP contribution >= 0.6 is 12.2 Å². The Morgan fingerprint density at radius 3 is 2.57 bits per heavy atom. The van der Waals surface area contributed by atoms with Crippen molar-refractivity contribution in [2.45, 2.75) is 13.5 Å². The van der Waals surface area contributed by atoms with Gasteiger partial charge in [0.15, 0.2) is 5.11 Å². The molecule has 4 N–H and O–H groups in total. The molecule has 120 valence electrons. The molecule has 1 aromatic carbocycles. The third-order valence-corrected chi connectivity index (χ3v) is 3.01. The molecule has 8 nitrogen and oxygen atoms in total. The Morgan fingerprint density at radius 2 is 1.91 bits per heavy atom. The molecule has 0 aliphatic heterocycles. The van der Waals surface area contributed by atoms with Gasteiger partial charge in [0.2, 0.25) is 0 Å². The molecule has 0 aliphatic carbocycles. The number of carbonyl (C=O) groups excluding carboxylic acids is 1. The molecule has 23 heavy (non-hydrogen) atoms. The van der Waals surface area contributed by atoms with Crippen molar-refractivity contribution in [1.82, 2.24) is 20.4 Å². The topological polar surface area (TPSA) is 108 Å². The number of H-pyrrole nitrogens is 1. The van der Waals surface area contributed by atoms with E-state index in [9.17, 15) is 14.4 Å². The SMILES string of the molecule is Cc1cc(=O)n(CC(=O)NNC(=S)Nc2ccccc2)c(=O)[nH]1. The third kappa shape index (κ3) is 4.78. The van der Waals surface area contributed by atoms with Crippen LogP contribution in [0.3, 0.4) is 0 Å². The zero-order valence-corrected chi connectivity index (χ0v) is 13.1. The maximum absolute atomic E-state index is 11.8. The van der Waals surface area contributed by atoms with Crippen molar-refractivity contribution >= 4 is 28.9 Å². The van der Waals surface area contributed by atoms with Gasteiger partial charge in [-0.3, -0.25) is 25.0 Å². The van der Waals surface area contributed by atoms with E-state index in [-0.39, 0.29) is 5.11 Å². The first kappa shape index (κ1) is 16.4. The van der Waals surface area contributed by atoms with Gasteiger partial charge >= 0.3 is 5.69 Å². The molecule has 0 bridgehead atoms. The van der Waals surface area contributed by atoms with Gasteiger partial charge in [-0.05, 0) is 31.3 Å². The summed E-state index contributed by atoms with van der Waals surface area (Å²) in [5.41, 5.74) is 4.81. The van der Waals surface area contributed by atoms with Crippen LogP contribution < -0.4 is 27.4 Å².